The van der Waals surface area contributed by atoms with Gasteiger partial charge in [0.1, 0.15) is 0 Å². The van der Waals surface area contributed by atoms with Gasteiger partial charge in [-0.25, -0.2) is 4.79 Å². The summed E-state index contributed by atoms with van der Waals surface area (Å²) in [7, 11) is 0. The van der Waals surface area contributed by atoms with Gasteiger partial charge in [0.2, 0.25) is 0 Å². The Morgan fingerprint density at radius 1 is 1.00 bits per heavy atom. The van der Waals surface area contributed by atoms with Crippen LogP contribution in [0.15, 0.2) is 54.7 Å². The molecule has 1 heterocycles. The Kier molecular flexibility index (Phi) is 7.67. The van der Waals surface area contributed by atoms with Crippen molar-refractivity contribution in [3.63, 3.8) is 0 Å². The molecule has 0 saturated carbocycles. The highest BCUT2D eigenvalue weighted by Crippen LogP contribution is 2.29. The van der Waals surface area contributed by atoms with Crippen LogP contribution in [0.3, 0.4) is 0 Å². The van der Waals surface area contributed by atoms with Crippen LogP contribution in [0.1, 0.15) is 49.2 Å². The van der Waals surface area contributed by atoms with Crippen molar-refractivity contribution in [2.75, 3.05) is 0 Å². The first-order valence-electron chi connectivity index (χ1n) is 9.72. The van der Waals surface area contributed by atoms with Crippen LogP contribution in [0.4, 0.5) is 13.2 Å². The second-order valence-corrected chi connectivity index (χ2v) is 7.66. The van der Waals surface area contributed by atoms with Gasteiger partial charge in [0.25, 0.3) is 0 Å². The minimum absolute atomic E-state index is 0.166. The molecule has 0 unspecified atom stereocenters. The van der Waals surface area contributed by atoms with E-state index in [0.717, 1.165) is 17.5 Å². The summed E-state index contributed by atoms with van der Waals surface area (Å²) >= 11 is 0. The van der Waals surface area contributed by atoms with Gasteiger partial charge >= 0.3 is 12.1 Å². The van der Waals surface area contributed by atoms with Crippen LogP contribution in [-0.4, -0.2) is 27.7 Å². The molecular weight excluding hydrogens is 393 g/mol. The quantitative estimate of drug-likeness (QED) is 0.549. The van der Waals surface area contributed by atoms with Crippen molar-refractivity contribution >= 4 is 16.9 Å². The molecule has 0 saturated heterocycles. The van der Waals surface area contributed by atoms with E-state index < -0.39 is 17.7 Å². The van der Waals surface area contributed by atoms with Gasteiger partial charge in [-0.05, 0) is 29.8 Å². The van der Waals surface area contributed by atoms with Crippen LogP contribution in [-0.2, 0) is 12.7 Å². The molecule has 0 fully saturated rings. The molecule has 3 rings (SSSR count). The number of hydrogen-bond donors (Lipinski definition) is 2. The minimum Gasteiger partial charge on any atom is -0.478 e. The van der Waals surface area contributed by atoms with Crippen molar-refractivity contribution in [2.24, 2.45) is 0 Å². The number of aromatic carboxylic acids is 1. The van der Waals surface area contributed by atoms with Gasteiger partial charge in [-0.2, -0.15) is 13.2 Å². The lowest BCUT2D eigenvalue weighted by Gasteiger charge is -2.10. The molecule has 3 aromatic rings. The molecule has 0 aliphatic carbocycles. The molecule has 0 bridgehead atoms. The lowest BCUT2D eigenvalue weighted by atomic mass is 10.1. The molecule has 7 heteroatoms. The van der Waals surface area contributed by atoms with E-state index in [0.29, 0.717) is 29.7 Å². The van der Waals surface area contributed by atoms with Gasteiger partial charge in [0, 0.05) is 30.2 Å². The van der Waals surface area contributed by atoms with Gasteiger partial charge in [0.05, 0.1) is 16.6 Å². The van der Waals surface area contributed by atoms with Crippen LogP contribution in [0.2, 0.25) is 0 Å². The summed E-state index contributed by atoms with van der Waals surface area (Å²) in [4.78, 5) is 11.3. The van der Waals surface area contributed by atoms with E-state index >= 15 is 0 Å². The number of hydrogen-bond acceptors (Lipinski definition) is 2. The van der Waals surface area contributed by atoms with Crippen LogP contribution in [0.25, 0.3) is 10.9 Å². The smallest absolute Gasteiger partial charge is 0.416 e. The van der Waals surface area contributed by atoms with Gasteiger partial charge in [-0.15, -0.1) is 0 Å². The molecule has 1 aromatic heterocycles. The maximum absolute atomic E-state index is 12.6. The standard InChI is InChI=1S/C17H12F3NO2.C6H15N/c18-17(19,20)13-6-4-11(5-7-13)10-21-9-8-12-2-1-3-14(15(12)21)16(22)23;1-5(2)7-6(3)4/h1-9H,10H2,(H,22,23);5-7H,1-4H3. The molecule has 2 aromatic carbocycles. The lowest BCUT2D eigenvalue weighted by Crippen LogP contribution is -2.29. The first kappa shape index (κ1) is 23.5. The highest BCUT2D eigenvalue weighted by Gasteiger charge is 2.29. The predicted octanol–water partition coefficient (Wildman–Crippen LogP) is 5.80. The van der Waals surface area contributed by atoms with Gasteiger partial charge in [0.15, 0.2) is 0 Å². The summed E-state index contributed by atoms with van der Waals surface area (Å²) in [6, 6.07) is 12.9. The maximum Gasteiger partial charge on any atom is 0.416 e. The summed E-state index contributed by atoms with van der Waals surface area (Å²) in [5, 5.41) is 13.4. The SMILES string of the molecule is CC(C)NC(C)C.O=C(O)c1cccc2ccn(Cc3ccc(C(F)(F)F)cc3)c12. The fourth-order valence-electron chi connectivity index (χ4n) is 3.23. The number of benzene rings is 2. The Balaban J connectivity index is 0.000000396. The number of aromatic nitrogens is 1. The van der Waals surface area contributed by atoms with Crippen LogP contribution < -0.4 is 5.32 Å². The number of fused-ring (bicyclic) bond motifs is 1. The fourth-order valence-corrected chi connectivity index (χ4v) is 3.23. The number of carboxylic acids is 1. The van der Waals surface area contributed by atoms with Crippen molar-refractivity contribution in [3.05, 3.63) is 71.4 Å². The third-order valence-corrected chi connectivity index (χ3v) is 4.32. The Labute approximate surface area is 174 Å². The van der Waals surface area contributed by atoms with E-state index in [9.17, 15) is 23.1 Å². The monoisotopic (exact) mass is 420 g/mol. The zero-order valence-electron chi connectivity index (χ0n) is 17.5. The summed E-state index contributed by atoms with van der Waals surface area (Å²) in [6.07, 6.45) is -2.63. The highest BCUT2D eigenvalue weighted by molar-refractivity contribution is 6.02. The zero-order valence-corrected chi connectivity index (χ0v) is 17.5. The molecule has 0 atom stereocenters. The second kappa shape index (κ2) is 9.80. The first-order chi connectivity index (χ1) is 14.0. The van der Waals surface area contributed by atoms with E-state index in [1.54, 1.807) is 29.0 Å². The highest BCUT2D eigenvalue weighted by atomic mass is 19.4. The van der Waals surface area contributed by atoms with Crippen molar-refractivity contribution in [1.29, 1.82) is 0 Å². The van der Waals surface area contributed by atoms with Gasteiger partial charge in [-0.3, -0.25) is 0 Å². The average Bonchev–Trinajstić information content (AvgIpc) is 3.03. The predicted molar refractivity (Wildman–Crippen MR) is 113 cm³/mol. The number of carboxylic acid groups (broad SMARTS) is 1. The number of halogens is 3. The van der Waals surface area contributed by atoms with Crippen LogP contribution in [0.5, 0.6) is 0 Å². The van der Waals surface area contributed by atoms with E-state index in [-0.39, 0.29) is 5.56 Å². The lowest BCUT2D eigenvalue weighted by molar-refractivity contribution is -0.137. The van der Waals surface area contributed by atoms with Crippen molar-refractivity contribution in [2.45, 2.75) is 52.5 Å². The molecule has 0 radical (unpaired) electrons. The third kappa shape index (κ3) is 6.35. The van der Waals surface area contributed by atoms with Crippen molar-refractivity contribution in [3.8, 4) is 0 Å². The summed E-state index contributed by atoms with van der Waals surface area (Å²) < 4.78 is 39.5. The third-order valence-electron chi connectivity index (χ3n) is 4.32. The number of rotatable bonds is 5. The number of nitrogens with one attached hydrogen (secondary N) is 1. The summed E-state index contributed by atoms with van der Waals surface area (Å²) in [5.41, 5.74) is 0.680. The topological polar surface area (TPSA) is 54.3 Å². The van der Waals surface area contributed by atoms with Crippen LogP contribution >= 0.6 is 0 Å². The Morgan fingerprint density at radius 3 is 2.07 bits per heavy atom. The second-order valence-electron chi connectivity index (χ2n) is 7.66. The normalized spacial score (nSPS) is 11.6. The van der Waals surface area contributed by atoms with Crippen molar-refractivity contribution < 1.29 is 23.1 Å². The number of nitrogens with zero attached hydrogens (tertiary/aromatic N) is 1. The Hall–Kier alpha value is -2.80. The minimum atomic E-state index is -4.37. The van der Waals surface area contributed by atoms with Crippen LogP contribution in [0, 0.1) is 0 Å². The molecule has 0 aliphatic rings. The zero-order chi connectivity index (χ0) is 22.5. The molecular formula is C23H27F3N2O2. The molecule has 4 nitrogen and oxygen atoms in total. The Bertz CT molecular complexity index is 968. The van der Waals surface area contributed by atoms with Crippen molar-refractivity contribution in [1.82, 2.24) is 9.88 Å². The molecule has 0 amide bonds. The number of alkyl halides is 3. The maximum atomic E-state index is 12.6. The largest absolute Gasteiger partial charge is 0.478 e. The summed E-state index contributed by atoms with van der Waals surface area (Å²) in [6.45, 7) is 8.91. The van der Waals surface area contributed by atoms with Gasteiger partial charge in [-0.1, -0.05) is 52.0 Å². The molecule has 30 heavy (non-hydrogen) atoms. The summed E-state index contributed by atoms with van der Waals surface area (Å²) in [5.74, 6) is -1.04. The van der Waals surface area contributed by atoms with E-state index in [2.05, 4.69) is 33.0 Å². The van der Waals surface area contributed by atoms with E-state index in [1.165, 1.54) is 18.2 Å². The van der Waals surface area contributed by atoms with E-state index in [1.807, 2.05) is 0 Å². The Morgan fingerprint density at radius 2 is 1.60 bits per heavy atom. The molecule has 0 aliphatic heterocycles. The molecule has 2 N–H and O–H groups in total. The molecule has 0 spiro atoms. The van der Waals surface area contributed by atoms with E-state index in [4.69, 9.17) is 0 Å². The fraction of sp³-hybridized carbons (Fsp3) is 0.348. The molecule has 162 valence electrons. The van der Waals surface area contributed by atoms with Gasteiger partial charge < -0.3 is 15.0 Å². The number of para-hydroxylation sites is 1. The first-order valence-corrected chi connectivity index (χ1v) is 9.72. The average molecular weight is 420 g/mol. The number of carbonyl (C=O) groups is 1.